The maximum absolute atomic E-state index is 11.8. The highest BCUT2D eigenvalue weighted by atomic mass is 16.2. The van der Waals surface area contributed by atoms with Crippen molar-refractivity contribution in [3.05, 3.63) is 35.9 Å². The quantitative estimate of drug-likeness (QED) is 0.836. The topological polar surface area (TPSA) is 58.2 Å². The molecule has 0 fully saturated rings. The Morgan fingerprint density at radius 2 is 1.71 bits per heavy atom. The van der Waals surface area contributed by atoms with Gasteiger partial charge in [-0.25, -0.2) is 0 Å². The van der Waals surface area contributed by atoms with E-state index < -0.39 is 0 Å². The number of amides is 2. The standard InChI is InChI=1S/C17H24N2O2/c1-12(17(3,4)5)18-16(21)11-8-14-6-9-15(10-7-14)19-13(2)20/h6-12H,1-5H3,(H,18,21)(H,19,20)/b11-8+/t12-/m1/s1. The van der Waals surface area contributed by atoms with Crippen LogP contribution in [-0.4, -0.2) is 17.9 Å². The van der Waals surface area contributed by atoms with Gasteiger partial charge in [0.25, 0.3) is 0 Å². The van der Waals surface area contributed by atoms with Crippen LogP contribution >= 0.6 is 0 Å². The molecule has 1 rings (SSSR count). The second kappa shape index (κ2) is 7.07. The molecule has 0 radical (unpaired) electrons. The van der Waals surface area contributed by atoms with Gasteiger partial charge >= 0.3 is 0 Å². The summed E-state index contributed by atoms with van der Waals surface area (Å²) in [7, 11) is 0. The molecule has 21 heavy (non-hydrogen) atoms. The summed E-state index contributed by atoms with van der Waals surface area (Å²) in [5.41, 5.74) is 1.68. The van der Waals surface area contributed by atoms with E-state index in [0.29, 0.717) is 0 Å². The van der Waals surface area contributed by atoms with Gasteiger partial charge in [0, 0.05) is 24.7 Å². The second-order valence-corrected chi connectivity index (χ2v) is 6.23. The lowest BCUT2D eigenvalue weighted by atomic mass is 9.88. The molecule has 0 aromatic heterocycles. The molecule has 1 aromatic carbocycles. The molecule has 1 aromatic rings. The number of carbonyl (C=O) groups excluding carboxylic acids is 2. The summed E-state index contributed by atoms with van der Waals surface area (Å²) in [6.45, 7) is 9.72. The van der Waals surface area contributed by atoms with Crippen molar-refractivity contribution in [1.82, 2.24) is 5.32 Å². The van der Waals surface area contributed by atoms with E-state index in [-0.39, 0.29) is 23.3 Å². The second-order valence-electron chi connectivity index (χ2n) is 6.23. The summed E-state index contributed by atoms with van der Waals surface area (Å²) in [6.07, 6.45) is 3.28. The Hall–Kier alpha value is -2.10. The zero-order valence-electron chi connectivity index (χ0n) is 13.4. The summed E-state index contributed by atoms with van der Waals surface area (Å²) >= 11 is 0. The third-order valence-electron chi connectivity index (χ3n) is 3.32. The lowest BCUT2D eigenvalue weighted by Gasteiger charge is -2.27. The Morgan fingerprint density at radius 3 is 2.19 bits per heavy atom. The summed E-state index contributed by atoms with van der Waals surface area (Å²) in [5.74, 6) is -0.211. The molecule has 2 amide bonds. The van der Waals surface area contributed by atoms with Gasteiger partial charge in [0.2, 0.25) is 11.8 Å². The molecular formula is C17H24N2O2. The first-order valence-corrected chi connectivity index (χ1v) is 7.04. The zero-order valence-corrected chi connectivity index (χ0v) is 13.4. The fraction of sp³-hybridized carbons (Fsp3) is 0.412. The Balaban J connectivity index is 2.60. The molecule has 0 saturated carbocycles. The highest BCUT2D eigenvalue weighted by molar-refractivity contribution is 5.92. The average molecular weight is 288 g/mol. The molecule has 114 valence electrons. The Labute approximate surface area is 126 Å². The Bertz CT molecular complexity index is 525. The van der Waals surface area contributed by atoms with Crippen LogP contribution in [0.3, 0.4) is 0 Å². The smallest absolute Gasteiger partial charge is 0.244 e. The molecule has 2 N–H and O–H groups in total. The molecule has 0 bridgehead atoms. The van der Waals surface area contributed by atoms with E-state index in [9.17, 15) is 9.59 Å². The van der Waals surface area contributed by atoms with Crippen LogP contribution < -0.4 is 10.6 Å². The molecule has 1 atom stereocenters. The van der Waals surface area contributed by atoms with Crippen LogP contribution in [0.5, 0.6) is 0 Å². The van der Waals surface area contributed by atoms with Gasteiger partial charge in [0.05, 0.1) is 0 Å². The van der Waals surface area contributed by atoms with Crippen LogP contribution in [0, 0.1) is 5.41 Å². The molecule has 0 aliphatic rings. The number of hydrogen-bond donors (Lipinski definition) is 2. The average Bonchev–Trinajstić information content (AvgIpc) is 2.36. The fourth-order valence-electron chi connectivity index (χ4n) is 1.53. The SMILES string of the molecule is CC(=O)Nc1ccc(/C=C/C(=O)N[C@H](C)C(C)(C)C)cc1. The summed E-state index contributed by atoms with van der Waals surface area (Å²) in [6, 6.07) is 7.40. The summed E-state index contributed by atoms with van der Waals surface area (Å²) in [4.78, 5) is 22.7. The monoisotopic (exact) mass is 288 g/mol. The van der Waals surface area contributed by atoms with E-state index in [1.807, 2.05) is 19.1 Å². The van der Waals surface area contributed by atoms with E-state index >= 15 is 0 Å². The van der Waals surface area contributed by atoms with Crippen molar-refractivity contribution in [2.45, 2.75) is 40.7 Å². The molecule has 0 saturated heterocycles. The van der Waals surface area contributed by atoms with E-state index in [0.717, 1.165) is 11.3 Å². The first-order valence-electron chi connectivity index (χ1n) is 7.04. The molecule has 4 nitrogen and oxygen atoms in total. The highest BCUT2D eigenvalue weighted by Crippen LogP contribution is 2.18. The number of rotatable bonds is 4. The molecular weight excluding hydrogens is 264 g/mol. The van der Waals surface area contributed by atoms with Gasteiger partial charge in [-0.1, -0.05) is 32.9 Å². The number of hydrogen-bond acceptors (Lipinski definition) is 2. The van der Waals surface area contributed by atoms with Crippen molar-refractivity contribution >= 4 is 23.6 Å². The van der Waals surface area contributed by atoms with Crippen LogP contribution in [-0.2, 0) is 9.59 Å². The van der Waals surface area contributed by atoms with Crippen molar-refractivity contribution < 1.29 is 9.59 Å². The van der Waals surface area contributed by atoms with Crippen LogP contribution in [0.15, 0.2) is 30.3 Å². The van der Waals surface area contributed by atoms with Crippen molar-refractivity contribution in [3.63, 3.8) is 0 Å². The van der Waals surface area contributed by atoms with Crippen molar-refractivity contribution in [1.29, 1.82) is 0 Å². The third kappa shape index (κ3) is 6.25. The number of carbonyl (C=O) groups is 2. The highest BCUT2D eigenvalue weighted by Gasteiger charge is 2.20. The van der Waals surface area contributed by atoms with E-state index in [1.54, 1.807) is 18.2 Å². The summed E-state index contributed by atoms with van der Waals surface area (Å²) < 4.78 is 0. The Kier molecular flexibility index (Phi) is 5.70. The third-order valence-corrected chi connectivity index (χ3v) is 3.32. The van der Waals surface area contributed by atoms with Crippen LogP contribution in [0.25, 0.3) is 6.08 Å². The van der Waals surface area contributed by atoms with Gasteiger partial charge in [-0.2, -0.15) is 0 Å². The molecule has 0 spiro atoms. The maximum Gasteiger partial charge on any atom is 0.244 e. The summed E-state index contributed by atoms with van der Waals surface area (Å²) in [5, 5.41) is 5.64. The first-order chi connectivity index (χ1) is 9.68. The van der Waals surface area contributed by atoms with Crippen molar-refractivity contribution in [2.75, 3.05) is 5.32 Å². The lowest BCUT2D eigenvalue weighted by Crippen LogP contribution is -2.40. The number of nitrogens with one attached hydrogen (secondary N) is 2. The van der Waals surface area contributed by atoms with E-state index in [4.69, 9.17) is 0 Å². The lowest BCUT2D eigenvalue weighted by molar-refractivity contribution is -0.117. The zero-order chi connectivity index (χ0) is 16.0. The van der Waals surface area contributed by atoms with Gasteiger partial charge < -0.3 is 10.6 Å². The van der Waals surface area contributed by atoms with Crippen molar-refractivity contribution in [2.24, 2.45) is 5.41 Å². The van der Waals surface area contributed by atoms with Crippen LogP contribution in [0.4, 0.5) is 5.69 Å². The minimum absolute atomic E-state index is 0.0313. The van der Waals surface area contributed by atoms with E-state index in [1.165, 1.54) is 13.0 Å². The van der Waals surface area contributed by atoms with Gasteiger partial charge in [-0.3, -0.25) is 9.59 Å². The normalized spacial score (nSPS) is 13.0. The van der Waals surface area contributed by atoms with Crippen molar-refractivity contribution in [3.8, 4) is 0 Å². The van der Waals surface area contributed by atoms with Gasteiger partial charge in [0.15, 0.2) is 0 Å². The largest absolute Gasteiger partial charge is 0.350 e. The van der Waals surface area contributed by atoms with E-state index in [2.05, 4.69) is 31.4 Å². The molecule has 0 aliphatic carbocycles. The first kappa shape index (κ1) is 17.0. The Morgan fingerprint density at radius 1 is 1.14 bits per heavy atom. The number of anilines is 1. The minimum atomic E-state index is -0.108. The van der Waals surface area contributed by atoms with Crippen LogP contribution in [0.1, 0.15) is 40.2 Å². The molecule has 0 aliphatic heterocycles. The van der Waals surface area contributed by atoms with Gasteiger partial charge in [0.1, 0.15) is 0 Å². The number of benzene rings is 1. The molecule has 0 heterocycles. The van der Waals surface area contributed by atoms with Gasteiger partial charge in [-0.05, 0) is 36.1 Å². The molecule has 4 heteroatoms. The predicted octanol–water partition coefficient (Wildman–Crippen LogP) is 3.21. The maximum atomic E-state index is 11.8. The van der Waals surface area contributed by atoms with Gasteiger partial charge in [-0.15, -0.1) is 0 Å². The minimum Gasteiger partial charge on any atom is -0.350 e. The van der Waals surface area contributed by atoms with Crippen LogP contribution in [0.2, 0.25) is 0 Å². The predicted molar refractivity (Wildman–Crippen MR) is 86.8 cm³/mol. The fourth-order valence-corrected chi connectivity index (χ4v) is 1.53. The molecule has 0 unspecified atom stereocenters.